The summed E-state index contributed by atoms with van der Waals surface area (Å²) < 4.78 is 7.66. The zero-order valence-electron chi connectivity index (χ0n) is 17.0. The highest BCUT2D eigenvalue weighted by Crippen LogP contribution is 2.26. The Morgan fingerprint density at radius 3 is 2.82 bits per heavy atom. The van der Waals surface area contributed by atoms with Crippen molar-refractivity contribution in [2.24, 2.45) is 0 Å². The molecule has 1 saturated carbocycles. The summed E-state index contributed by atoms with van der Waals surface area (Å²) >= 11 is 0. The van der Waals surface area contributed by atoms with E-state index in [-0.39, 0.29) is 5.91 Å². The van der Waals surface area contributed by atoms with Crippen LogP contribution in [0.5, 0.6) is 0 Å². The number of aromatic nitrogens is 3. The molecule has 7 nitrogen and oxygen atoms in total. The first kappa shape index (κ1) is 19.2. The minimum atomic E-state index is -0.225. The van der Waals surface area contributed by atoms with Gasteiger partial charge in [-0.15, -0.1) is 0 Å². The van der Waals surface area contributed by atoms with Crippen molar-refractivity contribution in [3.8, 4) is 0 Å². The number of carbonyl (C=O) groups is 1. The van der Waals surface area contributed by atoms with Gasteiger partial charge in [-0.3, -0.25) is 14.4 Å². The zero-order valence-corrected chi connectivity index (χ0v) is 17.0. The molecule has 28 heavy (non-hydrogen) atoms. The van der Waals surface area contributed by atoms with Crippen LogP contribution >= 0.6 is 0 Å². The predicted molar refractivity (Wildman–Crippen MR) is 106 cm³/mol. The van der Waals surface area contributed by atoms with E-state index in [1.165, 1.54) is 37.8 Å². The standard InChI is InChI=1S/C21H31N5O2/c1-3-19-23-15(2)20(28-19)21(27)22-13-16-12-18-14-25(10-7-11-26(18)24-16)17-8-5-4-6-9-17/h12,17H,3-11,13-14H2,1-2H3,(H,22,27). The Hall–Kier alpha value is -2.15. The molecule has 1 amide bonds. The second kappa shape index (κ2) is 8.47. The molecule has 2 aliphatic rings. The molecule has 3 heterocycles. The van der Waals surface area contributed by atoms with Crippen LogP contribution in [0.3, 0.4) is 0 Å². The van der Waals surface area contributed by atoms with E-state index in [1.54, 1.807) is 6.92 Å². The molecule has 1 aliphatic heterocycles. The third kappa shape index (κ3) is 4.14. The van der Waals surface area contributed by atoms with Gasteiger partial charge < -0.3 is 9.73 Å². The number of rotatable bonds is 5. The normalized spacial score (nSPS) is 18.6. The lowest BCUT2D eigenvalue weighted by Crippen LogP contribution is -2.36. The maximum absolute atomic E-state index is 12.4. The number of nitrogens with zero attached hydrogens (tertiary/aromatic N) is 4. The molecule has 1 aliphatic carbocycles. The Bertz CT molecular complexity index is 819. The highest BCUT2D eigenvalue weighted by Gasteiger charge is 2.25. The lowest BCUT2D eigenvalue weighted by Gasteiger charge is -2.33. The van der Waals surface area contributed by atoms with Gasteiger partial charge in [-0.1, -0.05) is 26.2 Å². The molecule has 0 unspecified atom stereocenters. The molecule has 2 aromatic heterocycles. The third-order valence-electron chi connectivity index (χ3n) is 5.96. The van der Waals surface area contributed by atoms with Crippen LogP contribution in [-0.2, 0) is 26.1 Å². The SMILES string of the molecule is CCc1nc(C)c(C(=O)NCc2cc3n(n2)CCCN(C2CCCCC2)C3)o1. The second-order valence-corrected chi connectivity index (χ2v) is 8.02. The summed E-state index contributed by atoms with van der Waals surface area (Å²) in [5.41, 5.74) is 2.80. The van der Waals surface area contributed by atoms with Gasteiger partial charge in [0.15, 0.2) is 5.89 Å². The van der Waals surface area contributed by atoms with Crippen molar-refractivity contribution in [3.63, 3.8) is 0 Å². The van der Waals surface area contributed by atoms with Crippen LogP contribution in [-0.4, -0.2) is 38.2 Å². The van der Waals surface area contributed by atoms with E-state index in [4.69, 9.17) is 9.52 Å². The van der Waals surface area contributed by atoms with E-state index in [2.05, 4.69) is 25.9 Å². The number of hydrogen-bond acceptors (Lipinski definition) is 5. The summed E-state index contributed by atoms with van der Waals surface area (Å²) in [6.45, 7) is 7.24. The van der Waals surface area contributed by atoms with Gasteiger partial charge in [-0.25, -0.2) is 4.98 Å². The van der Waals surface area contributed by atoms with E-state index in [9.17, 15) is 4.79 Å². The van der Waals surface area contributed by atoms with Gasteiger partial charge in [0.1, 0.15) is 0 Å². The Morgan fingerprint density at radius 2 is 2.07 bits per heavy atom. The van der Waals surface area contributed by atoms with E-state index in [1.807, 2.05) is 6.92 Å². The molecule has 0 radical (unpaired) electrons. The minimum absolute atomic E-state index is 0.225. The average molecular weight is 386 g/mol. The number of nitrogens with one attached hydrogen (secondary N) is 1. The Balaban J connectivity index is 1.39. The topological polar surface area (TPSA) is 76.2 Å². The van der Waals surface area contributed by atoms with Crippen molar-refractivity contribution >= 4 is 5.91 Å². The van der Waals surface area contributed by atoms with Gasteiger partial charge in [0.2, 0.25) is 5.76 Å². The van der Waals surface area contributed by atoms with Gasteiger partial charge in [-0.2, -0.15) is 5.10 Å². The van der Waals surface area contributed by atoms with Gasteiger partial charge in [0.25, 0.3) is 5.91 Å². The molecule has 1 N–H and O–H groups in total. The van der Waals surface area contributed by atoms with Gasteiger partial charge in [0.05, 0.1) is 23.6 Å². The lowest BCUT2D eigenvalue weighted by molar-refractivity contribution is 0.0920. The molecule has 2 aromatic rings. The summed E-state index contributed by atoms with van der Waals surface area (Å²) in [5.74, 6) is 0.678. The summed E-state index contributed by atoms with van der Waals surface area (Å²) in [5, 5.41) is 7.66. The first-order valence-corrected chi connectivity index (χ1v) is 10.7. The lowest BCUT2D eigenvalue weighted by atomic mass is 9.94. The summed E-state index contributed by atoms with van der Waals surface area (Å²) in [7, 11) is 0. The fraction of sp³-hybridized carbons (Fsp3) is 0.667. The Morgan fingerprint density at radius 1 is 1.25 bits per heavy atom. The molecule has 4 rings (SSSR count). The molecular formula is C21H31N5O2. The van der Waals surface area contributed by atoms with Gasteiger partial charge in [-0.05, 0) is 32.3 Å². The Kier molecular flexibility index (Phi) is 5.80. The molecule has 0 saturated heterocycles. The molecule has 0 bridgehead atoms. The van der Waals surface area contributed by atoms with Crippen LogP contribution in [0.4, 0.5) is 0 Å². The molecule has 0 spiro atoms. The summed E-state index contributed by atoms with van der Waals surface area (Å²) in [6.07, 6.45) is 8.57. The number of fused-ring (bicyclic) bond motifs is 1. The molecule has 0 atom stereocenters. The van der Waals surface area contributed by atoms with E-state index in [0.717, 1.165) is 37.8 Å². The van der Waals surface area contributed by atoms with E-state index >= 15 is 0 Å². The molecule has 1 fully saturated rings. The third-order valence-corrected chi connectivity index (χ3v) is 5.96. The van der Waals surface area contributed by atoms with Crippen LogP contribution in [0.25, 0.3) is 0 Å². The first-order valence-electron chi connectivity index (χ1n) is 10.7. The van der Waals surface area contributed by atoms with Crippen LogP contribution < -0.4 is 5.32 Å². The number of aryl methyl sites for hydroxylation is 3. The smallest absolute Gasteiger partial charge is 0.289 e. The first-order chi connectivity index (χ1) is 13.6. The van der Waals surface area contributed by atoms with E-state index < -0.39 is 0 Å². The monoisotopic (exact) mass is 385 g/mol. The molecule has 0 aromatic carbocycles. The highest BCUT2D eigenvalue weighted by molar-refractivity contribution is 5.92. The number of hydrogen-bond donors (Lipinski definition) is 1. The average Bonchev–Trinajstić information content (AvgIpc) is 3.23. The summed E-state index contributed by atoms with van der Waals surface area (Å²) in [4.78, 5) is 19.4. The minimum Gasteiger partial charge on any atom is -0.435 e. The van der Waals surface area contributed by atoms with Crippen molar-refractivity contribution in [2.45, 2.75) is 84.5 Å². The fourth-order valence-corrected chi connectivity index (χ4v) is 4.46. The van der Waals surface area contributed by atoms with E-state index in [0.29, 0.717) is 30.3 Å². The maximum Gasteiger partial charge on any atom is 0.289 e. The fourth-order valence-electron chi connectivity index (χ4n) is 4.46. The number of carbonyl (C=O) groups excluding carboxylic acids is 1. The number of amides is 1. The largest absolute Gasteiger partial charge is 0.435 e. The van der Waals surface area contributed by atoms with Crippen molar-refractivity contribution in [1.29, 1.82) is 0 Å². The van der Waals surface area contributed by atoms with Crippen molar-refractivity contribution in [3.05, 3.63) is 34.8 Å². The van der Waals surface area contributed by atoms with Crippen LogP contribution in [0.2, 0.25) is 0 Å². The highest BCUT2D eigenvalue weighted by atomic mass is 16.4. The molecular weight excluding hydrogens is 354 g/mol. The second-order valence-electron chi connectivity index (χ2n) is 8.02. The van der Waals surface area contributed by atoms with Crippen LogP contribution in [0, 0.1) is 6.92 Å². The molecule has 152 valence electrons. The van der Waals surface area contributed by atoms with Crippen molar-refractivity contribution in [2.75, 3.05) is 6.54 Å². The van der Waals surface area contributed by atoms with Gasteiger partial charge in [0, 0.05) is 32.1 Å². The van der Waals surface area contributed by atoms with Crippen LogP contribution in [0.15, 0.2) is 10.5 Å². The quantitative estimate of drug-likeness (QED) is 0.855. The van der Waals surface area contributed by atoms with Crippen molar-refractivity contribution < 1.29 is 9.21 Å². The van der Waals surface area contributed by atoms with Crippen molar-refractivity contribution in [1.82, 2.24) is 25.0 Å². The zero-order chi connectivity index (χ0) is 19.5. The number of oxazole rings is 1. The molecule has 7 heteroatoms. The predicted octanol–water partition coefficient (Wildman–Crippen LogP) is 3.21. The van der Waals surface area contributed by atoms with Gasteiger partial charge >= 0.3 is 0 Å². The van der Waals surface area contributed by atoms with Crippen LogP contribution in [0.1, 0.15) is 79.0 Å². The Labute approximate surface area is 166 Å². The summed E-state index contributed by atoms with van der Waals surface area (Å²) in [6, 6.07) is 2.87. The maximum atomic E-state index is 12.4.